The molecule has 2 atom stereocenters. The van der Waals surface area contributed by atoms with E-state index in [1.165, 1.54) is 19.1 Å². The molecule has 1 rings (SSSR count). The smallest absolute Gasteiger partial charge is 0.163 e. The quantitative estimate of drug-likeness (QED) is 0.883. The Balaban J connectivity index is 0.00000256. The van der Waals surface area contributed by atoms with E-state index in [4.69, 9.17) is 5.73 Å². The van der Waals surface area contributed by atoms with Gasteiger partial charge in [0, 0.05) is 5.56 Å². The summed E-state index contributed by atoms with van der Waals surface area (Å²) in [7, 11) is 0. The molecule has 0 aliphatic heterocycles. The van der Waals surface area contributed by atoms with Crippen LogP contribution in [0.2, 0.25) is 0 Å². The molecular formula is C12H18ClF2NO. The Bertz CT molecular complexity index is 385. The first kappa shape index (κ1) is 16.3. The van der Waals surface area contributed by atoms with Crippen molar-refractivity contribution in [3.05, 3.63) is 34.9 Å². The normalized spacial score (nSPS) is 14.4. The van der Waals surface area contributed by atoms with Gasteiger partial charge in [0.2, 0.25) is 0 Å². The van der Waals surface area contributed by atoms with Crippen molar-refractivity contribution in [1.82, 2.24) is 0 Å². The van der Waals surface area contributed by atoms with Gasteiger partial charge in [-0.15, -0.1) is 12.4 Å². The molecule has 0 aliphatic carbocycles. The predicted octanol–water partition coefficient (Wildman–Crippen LogP) is 2.71. The maximum atomic E-state index is 13.6. The Morgan fingerprint density at radius 1 is 1.18 bits per heavy atom. The van der Waals surface area contributed by atoms with Crippen molar-refractivity contribution < 1.29 is 13.9 Å². The van der Waals surface area contributed by atoms with Gasteiger partial charge >= 0.3 is 0 Å². The van der Waals surface area contributed by atoms with E-state index in [2.05, 4.69) is 0 Å². The first-order chi connectivity index (χ1) is 7.36. The summed E-state index contributed by atoms with van der Waals surface area (Å²) < 4.78 is 26.9. The highest BCUT2D eigenvalue weighted by molar-refractivity contribution is 5.85. The summed E-state index contributed by atoms with van der Waals surface area (Å²) in [5.41, 5.74) is 5.95. The van der Waals surface area contributed by atoms with Gasteiger partial charge in [0.05, 0.1) is 12.1 Å². The molecule has 5 heteroatoms. The zero-order valence-corrected chi connectivity index (χ0v) is 10.9. The van der Waals surface area contributed by atoms with E-state index in [0.717, 1.165) is 0 Å². The molecule has 0 aliphatic rings. The fourth-order valence-corrected chi connectivity index (χ4v) is 1.52. The zero-order valence-electron chi connectivity index (χ0n) is 10.1. The van der Waals surface area contributed by atoms with Gasteiger partial charge < -0.3 is 10.8 Å². The highest BCUT2D eigenvalue weighted by atomic mass is 35.5. The minimum Gasteiger partial charge on any atom is -0.391 e. The second kappa shape index (κ2) is 6.28. The van der Waals surface area contributed by atoms with Gasteiger partial charge in [-0.1, -0.05) is 26.0 Å². The third-order valence-corrected chi connectivity index (χ3v) is 2.72. The number of benzene rings is 1. The molecule has 0 saturated heterocycles. The Morgan fingerprint density at radius 2 is 1.71 bits per heavy atom. The van der Waals surface area contributed by atoms with E-state index in [0.29, 0.717) is 0 Å². The van der Waals surface area contributed by atoms with Gasteiger partial charge in [0.1, 0.15) is 0 Å². The van der Waals surface area contributed by atoms with E-state index < -0.39 is 23.8 Å². The number of hydrogen-bond donors (Lipinski definition) is 2. The SMILES string of the molecule is Cc1ccc([C@@H](N)[C@@H](O)C(C)C)c(F)c1F.Cl. The number of hydrogen-bond acceptors (Lipinski definition) is 2. The van der Waals surface area contributed by atoms with Crippen molar-refractivity contribution in [2.75, 3.05) is 0 Å². The van der Waals surface area contributed by atoms with Crippen LogP contribution < -0.4 is 5.73 Å². The number of halogens is 3. The number of aliphatic hydroxyl groups excluding tert-OH is 1. The lowest BCUT2D eigenvalue weighted by atomic mass is 9.93. The average Bonchev–Trinajstić information content (AvgIpc) is 2.24. The predicted molar refractivity (Wildman–Crippen MR) is 66.1 cm³/mol. The van der Waals surface area contributed by atoms with Crippen molar-refractivity contribution in [3.63, 3.8) is 0 Å². The standard InChI is InChI=1S/C12H17F2NO.ClH/c1-6(2)12(16)11(15)8-5-4-7(3)9(13)10(8)14;/h4-6,11-12,16H,15H2,1-3H3;1H/t11-,12+;/m1./s1. The molecule has 0 bridgehead atoms. The molecule has 1 aromatic rings. The van der Waals surface area contributed by atoms with Crippen LogP contribution in [0, 0.1) is 24.5 Å². The summed E-state index contributed by atoms with van der Waals surface area (Å²) >= 11 is 0. The van der Waals surface area contributed by atoms with E-state index in [-0.39, 0.29) is 29.5 Å². The Hall–Kier alpha value is -0.710. The Kier molecular flexibility index (Phi) is 6.02. The molecule has 98 valence electrons. The fraction of sp³-hybridized carbons (Fsp3) is 0.500. The summed E-state index contributed by atoms with van der Waals surface area (Å²) in [6, 6.07) is 1.97. The summed E-state index contributed by atoms with van der Waals surface area (Å²) in [4.78, 5) is 0. The largest absolute Gasteiger partial charge is 0.391 e. The third kappa shape index (κ3) is 3.37. The van der Waals surface area contributed by atoms with Crippen LogP contribution in [0.25, 0.3) is 0 Å². The maximum Gasteiger partial charge on any atom is 0.163 e. The fourth-order valence-electron chi connectivity index (χ4n) is 1.52. The Labute approximate surface area is 106 Å². The molecule has 0 saturated carbocycles. The van der Waals surface area contributed by atoms with Gasteiger partial charge in [0.15, 0.2) is 11.6 Å². The van der Waals surface area contributed by atoms with Crippen molar-refractivity contribution in [2.45, 2.75) is 32.9 Å². The summed E-state index contributed by atoms with van der Waals surface area (Å²) in [5, 5.41) is 9.72. The first-order valence-corrected chi connectivity index (χ1v) is 5.24. The van der Waals surface area contributed by atoms with Gasteiger partial charge in [0.25, 0.3) is 0 Å². The molecular weight excluding hydrogens is 248 g/mol. The molecule has 0 amide bonds. The monoisotopic (exact) mass is 265 g/mol. The van der Waals surface area contributed by atoms with Crippen LogP contribution in [0.1, 0.15) is 31.0 Å². The van der Waals surface area contributed by atoms with Crippen LogP contribution in [0.5, 0.6) is 0 Å². The van der Waals surface area contributed by atoms with Crippen LogP contribution in [0.15, 0.2) is 12.1 Å². The lowest BCUT2D eigenvalue weighted by molar-refractivity contribution is 0.0963. The molecule has 0 spiro atoms. The van der Waals surface area contributed by atoms with Crippen molar-refractivity contribution >= 4 is 12.4 Å². The second-order valence-corrected chi connectivity index (χ2v) is 4.36. The highest BCUT2D eigenvalue weighted by Crippen LogP contribution is 2.25. The zero-order chi connectivity index (χ0) is 12.5. The molecule has 1 aromatic carbocycles. The van der Waals surface area contributed by atoms with E-state index in [9.17, 15) is 13.9 Å². The van der Waals surface area contributed by atoms with E-state index >= 15 is 0 Å². The van der Waals surface area contributed by atoms with E-state index in [1.807, 2.05) is 0 Å². The first-order valence-electron chi connectivity index (χ1n) is 5.24. The number of aryl methyl sites for hydroxylation is 1. The van der Waals surface area contributed by atoms with Crippen LogP contribution >= 0.6 is 12.4 Å². The minimum atomic E-state index is -0.966. The summed E-state index contributed by atoms with van der Waals surface area (Å²) in [5.74, 6) is -1.98. The van der Waals surface area contributed by atoms with Crippen molar-refractivity contribution in [1.29, 1.82) is 0 Å². The number of rotatable bonds is 3. The summed E-state index contributed by atoms with van der Waals surface area (Å²) in [6.45, 7) is 5.02. The molecule has 0 radical (unpaired) electrons. The molecule has 0 unspecified atom stereocenters. The molecule has 0 heterocycles. The average molecular weight is 266 g/mol. The number of aliphatic hydroxyl groups is 1. The molecule has 0 fully saturated rings. The van der Waals surface area contributed by atoms with Crippen LogP contribution in [-0.4, -0.2) is 11.2 Å². The molecule has 17 heavy (non-hydrogen) atoms. The van der Waals surface area contributed by atoms with Gasteiger partial charge in [-0.05, 0) is 18.4 Å². The molecule has 0 aromatic heterocycles. The Morgan fingerprint density at radius 3 is 2.18 bits per heavy atom. The van der Waals surface area contributed by atoms with Crippen LogP contribution in [-0.2, 0) is 0 Å². The van der Waals surface area contributed by atoms with Gasteiger partial charge in [-0.3, -0.25) is 0 Å². The lowest BCUT2D eigenvalue weighted by Crippen LogP contribution is -2.31. The van der Waals surface area contributed by atoms with Gasteiger partial charge in [-0.2, -0.15) is 0 Å². The third-order valence-electron chi connectivity index (χ3n) is 2.72. The van der Waals surface area contributed by atoms with Crippen molar-refractivity contribution in [2.24, 2.45) is 11.7 Å². The summed E-state index contributed by atoms with van der Waals surface area (Å²) in [6.07, 6.45) is -0.892. The second-order valence-electron chi connectivity index (χ2n) is 4.36. The topological polar surface area (TPSA) is 46.2 Å². The lowest BCUT2D eigenvalue weighted by Gasteiger charge is -2.23. The maximum absolute atomic E-state index is 13.6. The highest BCUT2D eigenvalue weighted by Gasteiger charge is 2.24. The van der Waals surface area contributed by atoms with E-state index in [1.54, 1.807) is 13.8 Å². The molecule has 3 N–H and O–H groups in total. The number of nitrogens with two attached hydrogens (primary N) is 1. The minimum absolute atomic E-state index is 0. The van der Waals surface area contributed by atoms with Crippen molar-refractivity contribution in [3.8, 4) is 0 Å². The van der Waals surface area contributed by atoms with Crippen LogP contribution in [0.4, 0.5) is 8.78 Å². The van der Waals surface area contributed by atoms with Gasteiger partial charge in [-0.25, -0.2) is 8.78 Å². The van der Waals surface area contributed by atoms with Crippen LogP contribution in [0.3, 0.4) is 0 Å². The molecule has 2 nitrogen and oxygen atoms in total.